The fourth-order valence-electron chi connectivity index (χ4n) is 4.03. The number of quaternary nitrogens is 2. The molecule has 7 heteroatoms. The molecule has 0 unspecified atom stereocenters. The maximum absolute atomic E-state index is 13.0. The number of hydrogen-bond acceptors (Lipinski definition) is 2. The monoisotopic (exact) mass is 428 g/mol. The molecule has 2 amide bonds. The fraction of sp³-hybridized carbons (Fsp3) is 0.417. The first-order valence-electron chi connectivity index (χ1n) is 10.9. The van der Waals surface area contributed by atoms with Crippen LogP contribution < -0.4 is 20.4 Å². The van der Waals surface area contributed by atoms with Gasteiger partial charge in [0.05, 0.1) is 0 Å². The Hall–Kier alpha value is -2.77. The van der Waals surface area contributed by atoms with Gasteiger partial charge in [0.15, 0.2) is 13.1 Å². The average Bonchev–Trinajstić information content (AvgIpc) is 2.72. The van der Waals surface area contributed by atoms with E-state index in [0.29, 0.717) is 24.7 Å². The molecular weight excluding hydrogens is 395 g/mol. The summed E-state index contributed by atoms with van der Waals surface area (Å²) in [6, 6.07) is 11.9. The lowest BCUT2D eigenvalue weighted by atomic mass is 9.98. The van der Waals surface area contributed by atoms with E-state index in [4.69, 9.17) is 0 Å². The van der Waals surface area contributed by atoms with Crippen LogP contribution >= 0.6 is 0 Å². The van der Waals surface area contributed by atoms with E-state index in [0.717, 1.165) is 43.0 Å². The summed E-state index contributed by atoms with van der Waals surface area (Å²) in [5.41, 5.74) is 3.77. The molecule has 1 aliphatic rings. The zero-order valence-electron chi connectivity index (χ0n) is 18.6. The van der Waals surface area contributed by atoms with Crippen LogP contribution in [0.5, 0.6) is 0 Å². The number of carbonyl (C=O) groups is 2. The SMILES string of the molecule is Cc1cccc(C(C)C)c1NC(=O)C[NH+]1CC[NH+](CC(=O)Nc2ccc(F)cc2)CC1. The molecule has 6 nitrogen and oxygen atoms in total. The summed E-state index contributed by atoms with van der Waals surface area (Å²) in [7, 11) is 0. The minimum atomic E-state index is -0.324. The van der Waals surface area contributed by atoms with Crippen molar-refractivity contribution in [2.24, 2.45) is 0 Å². The summed E-state index contributed by atoms with van der Waals surface area (Å²) in [6.07, 6.45) is 0. The van der Waals surface area contributed by atoms with Gasteiger partial charge in [-0.2, -0.15) is 0 Å². The summed E-state index contributed by atoms with van der Waals surface area (Å²) in [5.74, 6) is -0.0300. The van der Waals surface area contributed by atoms with Gasteiger partial charge in [0.25, 0.3) is 11.8 Å². The number of anilines is 2. The van der Waals surface area contributed by atoms with E-state index in [9.17, 15) is 14.0 Å². The Bertz CT molecular complexity index is 906. The number of benzene rings is 2. The van der Waals surface area contributed by atoms with Crippen LogP contribution in [0.4, 0.5) is 15.8 Å². The van der Waals surface area contributed by atoms with Crippen molar-refractivity contribution in [2.75, 3.05) is 49.9 Å². The van der Waals surface area contributed by atoms with Gasteiger partial charge in [0.2, 0.25) is 0 Å². The number of hydrogen-bond donors (Lipinski definition) is 4. The van der Waals surface area contributed by atoms with Gasteiger partial charge in [-0.05, 0) is 48.2 Å². The molecule has 3 rings (SSSR count). The zero-order chi connectivity index (χ0) is 22.4. The first kappa shape index (κ1) is 22.9. The predicted octanol–water partition coefficient (Wildman–Crippen LogP) is 0.618. The van der Waals surface area contributed by atoms with Crippen LogP contribution in [0.3, 0.4) is 0 Å². The van der Waals surface area contributed by atoms with Gasteiger partial charge in [-0.3, -0.25) is 9.59 Å². The molecule has 4 N–H and O–H groups in total. The standard InChI is InChI=1S/C24H31FN4O2/c1-17(2)21-6-4-5-18(3)24(21)27-23(31)16-29-13-11-28(12-14-29)15-22(30)26-20-9-7-19(25)8-10-20/h4-10,17H,11-16H2,1-3H3,(H,26,30)(H,27,31)/p+2. The number of carbonyl (C=O) groups excluding carboxylic acids is 2. The molecule has 2 aromatic carbocycles. The molecule has 0 bridgehead atoms. The number of halogens is 1. The van der Waals surface area contributed by atoms with Crippen molar-refractivity contribution in [2.45, 2.75) is 26.7 Å². The Labute approximate surface area is 183 Å². The van der Waals surface area contributed by atoms with E-state index in [-0.39, 0.29) is 17.6 Å². The summed E-state index contributed by atoms with van der Waals surface area (Å²) in [6.45, 7) is 10.4. The van der Waals surface area contributed by atoms with Gasteiger partial charge in [0, 0.05) is 11.4 Å². The normalized spacial score (nSPS) is 18.6. The largest absolute Gasteiger partial charge is 0.321 e. The lowest BCUT2D eigenvalue weighted by Gasteiger charge is -2.29. The highest BCUT2D eigenvalue weighted by Crippen LogP contribution is 2.27. The third-order valence-electron chi connectivity index (χ3n) is 5.80. The molecule has 1 aliphatic heterocycles. The minimum absolute atomic E-state index is 0.0312. The number of aryl methyl sites for hydroxylation is 1. The van der Waals surface area contributed by atoms with Crippen molar-refractivity contribution >= 4 is 23.2 Å². The molecule has 0 aliphatic carbocycles. The Balaban J connectivity index is 1.44. The van der Waals surface area contributed by atoms with E-state index in [1.165, 1.54) is 21.9 Å². The van der Waals surface area contributed by atoms with Crippen molar-refractivity contribution in [3.8, 4) is 0 Å². The number of nitrogens with one attached hydrogen (secondary N) is 4. The maximum Gasteiger partial charge on any atom is 0.279 e. The van der Waals surface area contributed by atoms with Gasteiger partial charge in [-0.1, -0.05) is 32.0 Å². The topological polar surface area (TPSA) is 67.1 Å². The number of rotatable bonds is 7. The molecule has 31 heavy (non-hydrogen) atoms. The quantitative estimate of drug-likeness (QED) is 0.522. The van der Waals surface area contributed by atoms with Crippen LogP contribution in [0.25, 0.3) is 0 Å². The second-order valence-electron chi connectivity index (χ2n) is 8.65. The first-order chi connectivity index (χ1) is 14.8. The summed E-state index contributed by atoms with van der Waals surface area (Å²) >= 11 is 0. The van der Waals surface area contributed by atoms with Crippen molar-refractivity contribution in [1.29, 1.82) is 0 Å². The summed E-state index contributed by atoms with van der Waals surface area (Å²) in [5, 5.41) is 5.93. The van der Waals surface area contributed by atoms with Crippen LogP contribution in [0.1, 0.15) is 30.9 Å². The van der Waals surface area contributed by atoms with Gasteiger partial charge in [-0.15, -0.1) is 0 Å². The molecular formula is C24H33FN4O2+2. The molecule has 1 fully saturated rings. The predicted molar refractivity (Wildman–Crippen MR) is 120 cm³/mol. The van der Waals surface area contributed by atoms with Gasteiger partial charge < -0.3 is 20.4 Å². The highest BCUT2D eigenvalue weighted by atomic mass is 19.1. The van der Waals surface area contributed by atoms with Crippen LogP contribution in [0.15, 0.2) is 42.5 Å². The van der Waals surface area contributed by atoms with Gasteiger partial charge >= 0.3 is 0 Å². The van der Waals surface area contributed by atoms with Crippen molar-refractivity contribution < 1.29 is 23.8 Å². The summed E-state index contributed by atoms with van der Waals surface area (Å²) in [4.78, 5) is 27.3. The molecule has 0 radical (unpaired) electrons. The molecule has 0 atom stereocenters. The van der Waals surface area contributed by atoms with Crippen molar-refractivity contribution in [3.63, 3.8) is 0 Å². The molecule has 0 spiro atoms. The average molecular weight is 429 g/mol. The lowest BCUT2D eigenvalue weighted by molar-refractivity contribution is -1.00. The second kappa shape index (κ2) is 10.5. The highest BCUT2D eigenvalue weighted by molar-refractivity contribution is 5.93. The number of amides is 2. The van der Waals surface area contributed by atoms with Crippen LogP contribution in [-0.2, 0) is 9.59 Å². The maximum atomic E-state index is 13.0. The van der Waals surface area contributed by atoms with E-state index in [2.05, 4.69) is 30.5 Å². The minimum Gasteiger partial charge on any atom is -0.321 e. The van der Waals surface area contributed by atoms with E-state index < -0.39 is 0 Å². The highest BCUT2D eigenvalue weighted by Gasteiger charge is 2.26. The molecule has 2 aromatic rings. The summed E-state index contributed by atoms with van der Waals surface area (Å²) < 4.78 is 13.0. The fourth-order valence-corrected chi connectivity index (χ4v) is 4.03. The van der Waals surface area contributed by atoms with E-state index in [1.54, 1.807) is 12.1 Å². The van der Waals surface area contributed by atoms with E-state index >= 15 is 0 Å². The Morgan fingerprint density at radius 2 is 1.45 bits per heavy atom. The zero-order valence-corrected chi connectivity index (χ0v) is 18.6. The van der Waals surface area contributed by atoms with Crippen LogP contribution in [-0.4, -0.2) is 51.1 Å². The molecule has 166 valence electrons. The number of para-hydroxylation sites is 1. The molecule has 1 saturated heterocycles. The van der Waals surface area contributed by atoms with Crippen molar-refractivity contribution in [1.82, 2.24) is 0 Å². The molecule has 1 heterocycles. The Morgan fingerprint density at radius 3 is 2.00 bits per heavy atom. The van der Waals surface area contributed by atoms with Gasteiger partial charge in [-0.25, -0.2) is 4.39 Å². The Morgan fingerprint density at radius 1 is 0.903 bits per heavy atom. The molecule has 0 aromatic heterocycles. The smallest absolute Gasteiger partial charge is 0.279 e. The second-order valence-corrected chi connectivity index (χ2v) is 8.65. The van der Waals surface area contributed by atoms with Crippen LogP contribution in [0, 0.1) is 12.7 Å². The third kappa shape index (κ3) is 6.60. The Kier molecular flexibility index (Phi) is 7.76. The third-order valence-corrected chi connectivity index (χ3v) is 5.80. The number of piperazine rings is 1. The van der Waals surface area contributed by atoms with E-state index in [1.807, 2.05) is 19.1 Å². The van der Waals surface area contributed by atoms with Crippen molar-refractivity contribution in [3.05, 3.63) is 59.4 Å². The molecule has 0 saturated carbocycles. The first-order valence-corrected chi connectivity index (χ1v) is 10.9. The van der Waals surface area contributed by atoms with Crippen LogP contribution in [0.2, 0.25) is 0 Å². The lowest BCUT2D eigenvalue weighted by Crippen LogP contribution is -3.28. The van der Waals surface area contributed by atoms with Gasteiger partial charge in [0.1, 0.15) is 32.0 Å².